The molecule has 2 aromatic rings. The van der Waals surface area contributed by atoms with Gasteiger partial charge >= 0.3 is 6.09 Å². The molecule has 0 radical (unpaired) electrons. The predicted molar refractivity (Wildman–Crippen MR) is 95.5 cm³/mol. The summed E-state index contributed by atoms with van der Waals surface area (Å²) in [4.78, 5) is 12.5. The van der Waals surface area contributed by atoms with Crippen molar-refractivity contribution in [2.24, 2.45) is 5.73 Å². The predicted octanol–water partition coefficient (Wildman–Crippen LogP) is 2.38. The van der Waals surface area contributed by atoms with Gasteiger partial charge in [-0.2, -0.15) is 0 Å². The molecule has 0 fully saturated rings. The molecule has 0 saturated carbocycles. The molecule has 2 rings (SSSR count). The number of amides is 1. The minimum atomic E-state index is -1.22. The fraction of sp³-hybridized carbons (Fsp3) is 0.316. The molecule has 0 aliphatic rings. The maximum atomic E-state index is 13.3. The van der Waals surface area contributed by atoms with E-state index in [4.69, 9.17) is 10.5 Å². The summed E-state index contributed by atoms with van der Waals surface area (Å²) in [6.45, 7) is -0.212. The van der Waals surface area contributed by atoms with E-state index in [1.807, 2.05) is 0 Å². The molecule has 4 N–H and O–H groups in total. The van der Waals surface area contributed by atoms with Gasteiger partial charge < -0.3 is 25.6 Å². The van der Waals surface area contributed by atoms with Crippen LogP contribution in [0.15, 0.2) is 42.5 Å². The van der Waals surface area contributed by atoms with Gasteiger partial charge in [0.2, 0.25) is 0 Å². The first-order valence-corrected chi connectivity index (χ1v) is 8.28. The number of ether oxygens (including phenoxy) is 1. The number of aliphatic hydroxyl groups is 1. The standard InChI is InChI=1S/C19H22F2N2O4/c1-27-16-4-2-3-12(7-16)10-23(19(25)26)11-18(24)17(22)8-13-5-14(20)9-15(21)6-13/h2-7,9,17-18,24H,8,10-11,22H2,1H3,(H,25,26)/t17-,18+/m0/s1. The lowest BCUT2D eigenvalue weighted by atomic mass is 10.0. The van der Waals surface area contributed by atoms with Crippen LogP contribution in [0.1, 0.15) is 11.1 Å². The number of nitrogens with zero attached hydrogens (tertiary/aromatic N) is 1. The molecule has 0 saturated heterocycles. The van der Waals surface area contributed by atoms with Crippen molar-refractivity contribution in [2.75, 3.05) is 13.7 Å². The molecule has 0 aliphatic carbocycles. The number of methoxy groups -OCH3 is 1. The average Bonchev–Trinajstić information content (AvgIpc) is 2.60. The second-order valence-corrected chi connectivity index (χ2v) is 6.23. The third kappa shape index (κ3) is 6.19. The van der Waals surface area contributed by atoms with Crippen molar-refractivity contribution in [2.45, 2.75) is 25.1 Å². The van der Waals surface area contributed by atoms with Gasteiger partial charge in [0, 0.05) is 18.7 Å². The summed E-state index contributed by atoms with van der Waals surface area (Å²) < 4.78 is 31.6. The Morgan fingerprint density at radius 2 is 1.85 bits per heavy atom. The monoisotopic (exact) mass is 380 g/mol. The minimum Gasteiger partial charge on any atom is -0.497 e. The normalized spacial score (nSPS) is 13.1. The SMILES string of the molecule is COc1cccc(CN(C[C@@H](O)[C@@H](N)Cc2cc(F)cc(F)c2)C(=O)O)c1. The topological polar surface area (TPSA) is 96.0 Å². The minimum absolute atomic E-state index is 0.00245. The number of aliphatic hydroxyl groups excluding tert-OH is 1. The summed E-state index contributed by atoms with van der Waals surface area (Å²) in [5, 5.41) is 19.7. The Bertz CT molecular complexity index is 768. The molecule has 0 bridgehead atoms. The number of hydrogen-bond acceptors (Lipinski definition) is 4. The number of halogens is 2. The van der Waals surface area contributed by atoms with Gasteiger partial charge in [-0.15, -0.1) is 0 Å². The molecule has 0 aliphatic heterocycles. The summed E-state index contributed by atoms with van der Waals surface area (Å²) in [6.07, 6.45) is -2.43. The summed E-state index contributed by atoms with van der Waals surface area (Å²) >= 11 is 0. The van der Waals surface area contributed by atoms with E-state index in [-0.39, 0.29) is 25.1 Å². The summed E-state index contributed by atoms with van der Waals surface area (Å²) in [6, 6.07) is 9.00. The van der Waals surface area contributed by atoms with Gasteiger partial charge in [-0.3, -0.25) is 0 Å². The van der Waals surface area contributed by atoms with Gasteiger partial charge in [0.25, 0.3) is 0 Å². The zero-order chi connectivity index (χ0) is 20.0. The lowest BCUT2D eigenvalue weighted by molar-refractivity contribution is 0.0795. The highest BCUT2D eigenvalue weighted by Crippen LogP contribution is 2.16. The van der Waals surface area contributed by atoms with Crippen LogP contribution < -0.4 is 10.5 Å². The molecule has 0 unspecified atom stereocenters. The lowest BCUT2D eigenvalue weighted by Crippen LogP contribution is -2.46. The number of nitrogens with two attached hydrogens (primary N) is 1. The largest absolute Gasteiger partial charge is 0.497 e. The Kier molecular flexibility index (Phi) is 7.09. The van der Waals surface area contributed by atoms with E-state index in [1.54, 1.807) is 24.3 Å². The molecular formula is C19H22F2N2O4. The van der Waals surface area contributed by atoms with E-state index in [9.17, 15) is 23.8 Å². The van der Waals surface area contributed by atoms with E-state index < -0.39 is 29.9 Å². The molecule has 0 heterocycles. The van der Waals surface area contributed by atoms with Gasteiger partial charge in [0.05, 0.1) is 19.8 Å². The number of rotatable bonds is 8. The van der Waals surface area contributed by atoms with Crippen molar-refractivity contribution in [1.82, 2.24) is 4.90 Å². The molecule has 8 heteroatoms. The third-order valence-corrected chi connectivity index (χ3v) is 4.07. The first kappa shape index (κ1) is 20.6. The Hall–Kier alpha value is -2.71. The number of carboxylic acid groups (broad SMARTS) is 1. The molecular weight excluding hydrogens is 358 g/mol. The van der Waals surface area contributed by atoms with Crippen LogP contribution in [0, 0.1) is 11.6 Å². The van der Waals surface area contributed by atoms with E-state index in [0.29, 0.717) is 11.3 Å². The van der Waals surface area contributed by atoms with Gasteiger partial charge in [-0.1, -0.05) is 12.1 Å². The highest BCUT2D eigenvalue weighted by atomic mass is 19.1. The third-order valence-electron chi connectivity index (χ3n) is 4.07. The van der Waals surface area contributed by atoms with Crippen LogP contribution in [-0.4, -0.2) is 47.0 Å². The van der Waals surface area contributed by atoms with Gasteiger partial charge in [0.15, 0.2) is 0 Å². The molecule has 0 aromatic heterocycles. The van der Waals surface area contributed by atoms with E-state index in [0.717, 1.165) is 23.1 Å². The fourth-order valence-corrected chi connectivity index (χ4v) is 2.70. The quantitative estimate of drug-likeness (QED) is 0.654. The van der Waals surface area contributed by atoms with Crippen LogP contribution in [-0.2, 0) is 13.0 Å². The first-order chi connectivity index (χ1) is 12.8. The second-order valence-electron chi connectivity index (χ2n) is 6.23. The number of carbonyl (C=O) groups is 1. The zero-order valence-corrected chi connectivity index (χ0v) is 14.8. The highest BCUT2D eigenvalue weighted by Gasteiger charge is 2.22. The molecule has 0 spiro atoms. The Morgan fingerprint density at radius 3 is 2.44 bits per heavy atom. The van der Waals surface area contributed by atoms with Crippen molar-refractivity contribution in [3.05, 3.63) is 65.2 Å². The van der Waals surface area contributed by atoms with Gasteiger partial charge in [0.1, 0.15) is 17.4 Å². The van der Waals surface area contributed by atoms with E-state index in [1.165, 1.54) is 7.11 Å². The van der Waals surface area contributed by atoms with Crippen molar-refractivity contribution < 1.29 is 28.5 Å². The fourth-order valence-electron chi connectivity index (χ4n) is 2.70. The number of benzene rings is 2. The maximum Gasteiger partial charge on any atom is 0.407 e. The van der Waals surface area contributed by atoms with E-state index >= 15 is 0 Å². The van der Waals surface area contributed by atoms with Crippen LogP contribution in [0.5, 0.6) is 5.75 Å². The van der Waals surface area contributed by atoms with Crippen LogP contribution in [0.2, 0.25) is 0 Å². The van der Waals surface area contributed by atoms with Gasteiger partial charge in [-0.25, -0.2) is 13.6 Å². The summed E-state index contributed by atoms with van der Waals surface area (Å²) in [5.41, 5.74) is 6.87. The van der Waals surface area contributed by atoms with Crippen molar-refractivity contribution in [1.29, 1.82) is 0 Å². The van der Waals surface area contributed by atoms with Gasteiger partial charge in [-0.05, 0) is 41.8 Å². The number of hydrogen-bond donors (Lipinski definition) is 3. The molecule has 27 heavy (non-hydrogen) atoms. The molecule has 2 atom stereocenters. The molecule has 6 nitrogen and oxygen atoms in total. The second kappa shape index (κ2) is 9.29. The Balaban J connectivity index is 2.02. The molecule has 146 valence electrons. The van der Waals surface area contributed by atoms with Crippen molar-refractivity contribution in [3.63, 3.8) is 0 Å². The lowest BCUT2D eigenvalue weighted by Gasteiger charge is -2.26. The highest BCUT2D eigenvalue weighted by molar-refractivity contribution is 5.65. The summed E-state index contributed by atoms with van der Waals surface area (Å²) in [7, 11) is 1.51. The molecule has 1 amide bonds. The average molecular weight is 380 g/mol. The van der Waals surface area contributed by atoms with Crippen molar-refractivity contribution in [3.8, 4) is 5.75 Å². The maximum absolute atomic E-state index is 13.3. The Labute approximate surface area is 155 Å². The summed E-state index contributed by atoms with van der Waals surface area (Å²) in [5.74, 6) is -0.892. The van der Waals surface area contributed by atoms with Crippen LogP contribution in [0.3, 0.4) is 0 Å². The molecule has 2 aromatic carbocycles. The first-order valence-electron chi connectivity index (χ1n) is 8.28. The van der Waals surface area contributed by atoms with Crippen molar-refractivity contribution >= 4 is 6.09 Å². The zero-order valence-electron chi connectivity index (χ0n) is 14.8. The van der Waals surface area contributed by atoms with E-state index in [2.05, 4.69) is 0 Å². The van der Waals surface area contributed by atoms with Crippen LogP contribution >= 0.6 is 0 Å². The Morgan fingerprint density at radius 1 is 1.19 bits per heavy atom. The van der Waals surface area contributed by atoms with Crippen LogP contribution in [0.25, 0.3) is 0 Å². The smallest absolute Gasteiger partial charge is 0.407 e. The van der Waals surface area contributed by atoms with Crippen LogP contribution in [0.4, 0.5) is 13.6 Å².